The fourth-order valence-corrected chi connectivity index (χ4v) is 2.48. The van der Waals surface area contributed by atoms with Gasteiger partial charge >= 0.3 is 5.69 Å². The van der Waals surface area contributed by atoms with Crippen LogP contribution in [-0.4, -0.2) is 39.3 Å². The SMILES string of the molecule is NC(=O)C1CCCCN1C(=O)c1cccc([N+](=O)[O-])c1O. The van der Waals surface area contributed by atoms with Crippen molar-refractivity contribution >= 4 is 17.5 Å². The first-order valence-electron chi connectivity index (χ1n) is 6.50. The van der Waals surface area contributed by atoms with Gasteiger partial charge < -0.3 is 15.7 Å². The highest BCUT2D eigenvalue weighted by molar-refractivity contribution is 6.00. The van der Waals surface area contributed by atoms with Gasteiger partial charge in [-0.15, -0.1) is 0 Å². The Bertz CT molecular complexity index is 601. The minimum atomic E-state index is -0.770. The average molecular weight is 293 g/mol. The van der Waals surface area contributed by atoms with Gasteiger partial charge in [0.15, 0.2) is 0 Å². The van der Waals surface area contributed by atoms with Crippen LogP contribution in [0.15, 0.2) is 18.2 Å². The van der Waals surface area contributed by atoms with Crippen LogP contribution in [0.2, 0.25) is 0 Å². The van der Waals surface area contributed by atoms with Gasteiger partial charge in [-0.1, -0.05) is 6.07 Å². The van der Waals surface area contributed by atoms with Crippen molar-refractivity contribution in [3.05, 3.63) is 33.9 Å². The van der Waals surface area contributed by atoms with E-state index in [1.165, 1.54) is 17.0 Å². The van der Waals surface area contributed by atoms with Crippen molar-refractivity contribution in [3.63, 3.8) is 0 Å². The third-order valence-corrected chi connectivity index (χ3v) is 3.53. The molecule has 2 amide bonds. The third-order valence-electron chi connectivity index (χ3n) is 3.53. The molecular weight excluding hydrogens is 278 g/mol. The summed E-state index contributed by atoms with van der Waals surface area (Å²) < 4.78 is 0. The van der Waals surface area contributed by atoms with Gasteiger partial charge in [-0.2, -0.15) is 0 Å². The van der Waals surface area contributed by atoms with Crippen molar-refractivity contribution in [3.8, 4) is 5.75 Å². The van der Waals surface area contributed by atoms with E-state index in [1.807, 2.05) is 0 Å². The number of carbonyl (C=O) groups is 2. The fourth-order valence-electron chi connectivity index (χ4n) is 2.48. The van der Waals surface area contributed by atoms with Gasteiger partial charge in [-0.05, 0) is 25.3 Å². The lowest BCUT2D eigenvalue weighted by atomic mass is 10.00. The molecule has 0 aromatic heterocycles. The maximum absolute atomic E-state index is 12.4. The highest BCUT2D eigenvalue weighted by Crippen LogP contribution is 2.31. The van der Waals surface area contributed by atoms with Crippen LogP contribution in [0.3, 0.4) is 0 Å². The van der Waals surface area contributed by atoms with E-state index in [0.29, 0.717) is 19.4 Å². The second-order valence-electron chi connectivity index (χ2n) is 4.84. The van der Waals surface area contributed by atoms with E-state index in [2.05, 4.69) is 0 Å². The lowest BCUT2D eigenvalue weighted by Crippen LogP contribution is -2.50. The second-order valence-corrected chi connectivity index (χ2v) is 4.84. The number of amides is 2. The number of primary amides is 1. The molecule has 1 saturated heterocycles. The Hall–Kier alpha value is -2.64. The number of hydrogen-bond donors (Lipinski definition) is 2. The number of piperidine rings is 1. The molecule has 3 N–H and O–H groups in total. The zero-order chi connectivity index (χ0) is 15.6. The van der Waals surface area contributed by atoms with E-state index in [0.717, 1.165) is 12.5 Å². The number of phenolic OH excluding ortho intramolecular Hbond substituents is 1. The normalized spacial score (nSPS) is 18.3. The zero-order valence-corrected chi connectivity index (χ0v) is 11.2. The molecule has 0 saturated carbocycles. The molecule has 1 aromatic rings. The minimum absolute atomic E-state index is 0.197. The van der Waals surface area contributed by atoms with E-state index in [-0.39, 0.29) is 5.56 Å². The molecule has 0 aliphatic carbocycles. The molecule has 21 heavy (non-hydrogen) atoms. The van der Waals surface area contributed by atoms with Gasteiger partial charge in [0, 0.05) is 12.6 Å². The first-order chi connectivity index (χ1) is 9.93. The molecule has 2 rings (SSSR count). The number of benzene rings is 1. The number of likely N-dealkylation sites (tertiary alicyclic amines) is 1. The maximum atomic E-state index is 12.4. The van der Waals surface area contributed by atoms with Crippen molar-refractivity contribution in [1.29, 1.82) is 0 Å². The van der Waals surface area contributed by atoms with Gasteiger partial charge in [0.1, 0.15) is 6.04 Å². The third kappa shape index (κ3) is 2.78. The number of rotatable bonds is 3. The maximum Gasteiger partial charge on any atom is 0.311 e. The Kier molecular flexibility index (Phi) is 4.06. The molecule has 1 aliphatic rings. The van der Waals surface area contributed by atoms with Crippen LogP contribution in [-0.2, 0) is 4.79 Å². The Morgan fingerprint density at radius 2 is 2.10 bits per heavy atom. The number of carbonyl (C=O) groups excluding carboxylic acids is 2. The molecule has 0 spiro atoms. The summed E-state index contributed by atoms with van der Waals surface area (Å²) in [5, 5.41) is 20.7. The summed E-state index contributed by atoms with van der Waals surface area (Å²) in [5.41, 5.74) is 4.54. The van der Waals surface area contributed by atoms with Crippen LogP contribution in [0.1, 0.15) is 29.6 Å². The van der Waals surface area contributed by atoms with Crippen molar-refractivity contribution in [2.24, 2.45) is 5.73 Å². The van der Waals surface area contributed by atoms with Gasteiger partial charge in [0.05, 0.1) is 10.5 Å². The van der Waals surface area contributed by atoms with Gasteiger partial charge in [0.25, 0.3) is 5.91 Å². The van der Waals surface area contributed by atoms with Crippen LogP contribution in [0.5, 0.6) is 5.75 Å². The molecule has 112 valence electrons. The molecule has 8 nitrogen and oxygen atoms in total. The van der Waals surface area contributed by atoms with Gasteiger partial charge in [0.2, 0.25) is 11.7 Å². The highest BCUT2D eigenvalue weighted by Gasteiger charge is 2.33. The van der Waals surface area contributed by atoms with Gasteiger partial charge in [-0.3, -0.25) is 19.7 Å². The Morgan fingerprint density at radius 1 is 1.38 bits per heavy atom. The lowest BCUT2D eigenvalue weighted by Gasteiger charge is -2.33. The number of aromatic hydroxyl groups is 1. The summed E-state index contributed by atoms with van der Waals surface area (Å²) in [4.78, 5) is 35.2. The summed E-state index contributed by atoms with van der Waals surface area (Å²) >= 11 is 0. The van der Waals surface area contributed by atoms with Crippen molar-refractivity contribution < 1.29 is 19.6 Å². The molecule has 0 radical (unpaired) electrons. The van der Waals surface area contributed by atoms with Crippen LogP contribution in [0.25, 0.3) is 0 Å². The van der Waals surface area contributed by atoms with E-state index in [4.69, 9.17) is 5.73 Å². The van der Waals surface area contributed by atoms with Crippen LogP contribution in [0, 0.1) is 10.1 Å². The summed E-state index contributed by atoms with van der Waals surface area (Å²) in [6, 6.07) is 2.96. The Balaban J connectivity index is 2.37. The Morgan fingerprint density at radius 3 is 2.71 bits per heavy atom. The van der Waals surface area contributed by atoms with Gasteiger partial charge in [-0.25, -0.2) is 0 Å². The lowest BCUT2D eigenvalue weighted by molar-refractivity contribution is -0.385. The number of nitrogens with two attached hydrogens (primary N) is 1. The largest absolute Gasteiger partial charge is 0.502 e. The van der Waals surface area contributed by atoms with Crippen molar-refractivity contribution in [2.45, 2.75) is 25.3 Å². The molecular formula is C13H15N3O5. The predicted molar refractivity (Wildman–Crippen MR) is 72.6 cm³/mol. The van der Waals surface area contributed by atoms with Crippen LogP contribution < -0.4 is 5.73 Å². The van der Waals surface area contributed by atoms with Crippen molar-refractivity contribution in [1.82, 2.24) is 4.90 Å². The molecule has 1 aromatic carbocycles. The van der Waals surface area contributed by atoms with Crippen molar-refractivity contribution in [2.75, 3.05) is 6.54 Å². The molecule has 1 heterocycles. The van der Waals surface area contributed by atoms with E-state index in [1.54, 1.807) is 0 Å². The first-order valence-corrected chi connectivity index (χ1v) is 6.50. The second kappa shape index (κ2) is 5.78. The topological polar surface area (TPSA) is 127 Å². The van der Waals surface area contributed by atoms with E-state index < -0.39 is 34.2 Å². The molecule has 1 atom stereocenters. The first kappa shape index (κ1) is 14.8. The Labute approximate surface area is 120 Å². The van der Waals surface area contributed by atoms with E-state index in [9.17, 15) is 24.8 Å². The zero-order valence-electron chi connectivity index (χ0n) is 11.2. The monoisotopic (exact) mass is 293 g/mol. The average Bonchev–Trinajstić information content (AvgIpc) is 2.46. The molecule has 0 bridgehead atoms. The predicted octanol–water partition coefficient (Wildman–Crippen LogP) is 0.780. The quantitative estimate of drug-likeness (QED) is 0.629. The minimum Gasteiger partial charge on any atom is -0.502 e. The number of nitro groups is 1. The molecule has 1 aliphatic heterocycles. The summed E-state index contributed by atoms with van der Waals surface area (Å²) in [5.74, 6) is -1.94. The summed E-state index contributed by atoms with van der Waals surface area (Å²) in [6.07, 6.45) is 1.94. The van der Waals surface area contributed by atoms with Crippen LogP contribution >= 0.6 is 0 Å². The molecule has 8 heteroatoms. The number of nitro benzene ring substituents is 1. The summed E-state index contributed by atoms with van der Waals surface area (Å²) in [6.45, 7) is 0.328. The fraction of sp³-hybridized carbons (Fsp3) is 0.385. The molecule has 1 fully saturated rings. The van der Waals surface area contributed by atoms with Crippen LogP contribution in [0.4, 0.5) is 5.69 Å². The molecule has 1 unspecified atom stereocenters. The number of para-hydroxylation sites is 1. The highest BCUT2D eigenvalue weighted by atomic mass is 16.6. The summed E-state index contributed by atoms with van der Waals surface area (Å²) in [7, 11) is 0. The number of phenols is 1. The van der Waals surface area contributed by atoms with E-state index >= 15 is 0 Å². The number of hydrogen-bond acceptors (Lipinski definition) is 5. The standard InChI is InChI=1S/C13H15N3O5/c14-12(18)10-5-1-2-7-15(10)13(19)8-4-3-6-9(11(8)17)16(20)21/h3-4,6,10,17H,1-2,5,7H2,(H2,14,18). The number of nitrogens with zero attached hydrogens (tertiary/aromatic N) is 2. The smallest absolute Gasteiger partial charge is 0.311 e.